The Kier molecular flexibility index (Phi) is 4.86. The van der Waals surface area contributed by atoms with Gasteiger partial charge >= 0.3 is 0 Å². The van der Waals surface area contributed by atoms with E-state index in [4.69, 9.17) is 15.2 Å². The number of carbonyl (C=O) groups excluding carboxylic acids is 1. The molecule has 2 fully saturated rings. The van der Waals surface area contributed by atoms with Crippen molar-refractivity contribution >= 4 is 11.9 Å². The van der Waals surface area contributed by atoms with Crippen molar-refractivity contribution in [2.75, 3.05) is 5.73 Å². The first-order valence-corrected chi connectivity index (χ1v) is 11.4. The second-order valence-electron chi connectivity index (χ2n) is 9.03. The molecule has 34 heavy (non-hydrogen) atoms. The molecule has 0 radical (unpaired) electrons. The van der Waals surface area contributed by atoms with E-state index in [9.17, 15) is 4.79 Å². The minimum absolute atomic E-state index is 0.0363. The van der Waals surface area contributed by atoms with Crippen LogP contribution in [-0.2, 0) is 16.8 Å². The van der Waals surface area contributed by atoms with Crippen LogP contribution in [0.15, 0.2) is 53.6 Å². The third kappa shape index (κ3) is 3.81. The van der Waals surface area contributed by atoms with Crippen LogP contribution in [0.2, 0.25) is 0 Å². The summed E-state index contributed by atoms with van der Waals surface area (Å²) in [4.78, 5) is 24.9. The van der Waals surface area contributed by atoms with Crippen LogP contribution in [0.3, 0.4) is 0 Å². The Labute approximate surface area is 195 Å². The van der Waals surface area contributed by atoms with Gasteiger partial charge in [-0.25, -0.2) is 9.97 Å². The highest BCUT2D eigenvalue weighted by atomic mass is 16.5. The van der Waals surface area contributed by atoms with Crippen molar-refractivity contribution in [3.63, 3.8) is 0 Å². The Balaban J connectivity index is 1.21. The van der Waals surface area contributed by atoms with Crippen LogP contribution in [0.4, 0.5) is 5.95 Å². The Hall–Kier alpha value is -4.08. The van der Waals surface area contributed by atoms with Gasteiger partial charge in [-0.3, -0.25) is 9.48 Å². The molecular formula is C24H24N8O2. The second kappa shape index (κ2) is 8.05. The maximum atomic E-state index is 12.0. The number of hydrogen-bond acceptors (Lipinski definition) is 8. The number of aromatic nitrogens is 6. The third-order valence-electron chi connectivity index (χ3n) is 6.63. The molecule has 172 valence electrons. The maximum Gasteiger partial charge on any atom is 0.261 e. The number of benzene rings is 1. The molecule has 0 aliphatic heterocycles. The molecule has 3 N–H and O–H groups in total. The minimum Gasteiger partial charge on any atom is -0.368 e. The predicted octanol–water partition coefficient (Wildman–Crippen LogP) is 2.72. The summed E-state index contributed by atoms with van der Waals surface area (Å²) in [6, 6.07) is 8.66. The van der Waals surface area contributed by atoms with Gasteiger partial charge < -0.3 is 15.6 Å². The fourth-order valence-electron chi connectivity index (χ4n) is 4.38. The molecule has 3 heterocycles. The van der Waals surface area contributed by atoms with Crippen LogP contribution < -0.4 is 11.1 Å². The van der Waals surface area contributed by atoms with Gasteiger partial charge in [0, 0.05) is 30.2 Å². The average molecular weight is 457 g/mol. The van der Waals surface area contributed by atoms with Gasteiger partial charge in [-0.1, -0.05) is 35.8 Å². The van der Waals surface area contributed by atoms with E-state index in [1.54, 1.807) is 29.5 Å². The SMILES string of the molecule is Nc1ncc(-c2ccc(C3(c4noc(-c5cnn(CC(=O)NC6CC6)c5)n4)CCC3)cc2)cn1. The van der Waals surface area contributed by atoms with E-state index in [-0.39, 0.29) is 23.8 Å². The van der Waals surface area contributed by atoms with Crippen molar-refractivity contribution in [2.45, 2.75) is 50.1 Å². The normalized spacial score (nSPS) is 16.7. The first-order chi connectivity index (χ1) is 16.6. The van der Waals surface area contributed by atoms with E-state index in [1.807, 2.05) is 0 Å². The number of hydrogen-bond donors (Lipinski definition) is 2. The van der Waals surface area contributed by atoms with Crippen LogP contribution in [0, 0.1) is 0 Å². The summed E-state index contributed by atoms with van der Waals surface area (Å²) in [6.45, 7) is 0.173. The van der Waals surface area contributed by atoms with Gasteiger partial charge in [0.2, 0.25) is 11.9 Å². The molecular weight excluding hydrogens is 432 g/mol. The Bertz CT molecular complexity index is 1320. The Morgan fingerprint density at radius 3 is 2.53 bits per heavy atom. The van der Waals surface area contributed by atoms with E-state index in [0.29, 0.717) is 23.3 Å². The zero-order valence-corrected chi connectivity index (χ0v) is 18.5. The monoisotopic (exact) mass is 456 g/mol. The molecule has 0 bridgehead atoms. The number of amides is 1. The molecule has 10 nitrogen and oxygen atoms in total. The molecule has 1 amide bonds. The smallest absolute Gasteiger partial charge is 0.261 e. The van der Waals surface area contributed by atoms with Gasteiger partial charge in [-0.15, -0.1) is 0 Å². The van der Waals surface area contributed by atoms with Crippen molar-refractivity contribution in [2.24, 2.45) is 0 Å². The first-order valence-electron chi connectivity index (χ1n) is 11.4. The van der Waals surface area contributed by atoms with Gasteiger partial charge in [0.15, 0.2) is 5.82 Å². The van der Waals surface area contributed by atoms with Crippen LogP contribution in [-0.4, -0.2) is 41.8 Å². The van der Waals surface area contributed by atoms with Gasteiger partial charge in [0.05, 0.1) is 17.2 Å². The van der Waals surface area contributed by atoms with Crippen LogP contribution >= 0.6 is 0 Å². The van der Waals surface area contributed by atoms with Gasteiger partial charge in [0.1, 0.15) is 6.54 Å². The Morgan fingerprint density at radius 2 is 1.85 bits per heavy atom. The lowest BCUT2D eigenvalue weighted by Crippen LogP contribution is -2.36. The van der Waals surface area contributed by atoms with Crippen LogP contribution in [0.5, 0.6) is 0 Å². The summed E-state index contributed by atoms with van der Waals surface area (Å²) in [6.07, 6.45) is 12.0. The molecule has 0 spiro atoms. The van der Waals surface area contributed by atoms with Crippen molar-refractivity contribution in [1.82, 2.24) is 35.2 Å². The number of nitrogens with zero attached hydrogens (tertiary/aromatic N) is 6. The topological polar surface area (TPSA) is 138 Å². The lowest BCUT2D eigenvalue weighted by Gasteiger charge is -2.39. The van der Waals surface area contributed by atoms with E-state index < -0.39 is 0 Å². The number of nitrogen functional groups attached to an aromatic ring is 1. The molecule has 4 aromatic rings. The second-order valence-corrected chi connectivity index (χ2v) is 9.03. The molecule has 3 aromatic heterocycles. The molecule has 1 aromatic carbocycles. The summed E-state index contributed by atoms with van der Waals surface area (Å²) < 4.78 is 7.20. The van der Waals surface area contributed by atoms with Crippen molar-refractivity contribution in [1.29, 1.82) is 0 Å². The van der Waals surface area contributed by atoms with E-state index >= 15 is 0 Å². The van der Waals surface area contributed by atoms with Gasteiger partial charge in [0.25, 0.3) is 5.89 Å². The van der Waals surface area contributed by atoms with Crippen molar-refractivity contribution in [3.05, 3.63) is 60.4 Å². The molecule has 10 heteroatoms. The summed E-state index contributed by atoms with van der Waals surface area (Å²) in [5.74, 6) is 1.31. The largest absolute Gasteiger partial charge is 0.368 e. The lowest BCUT2D eigenvalue weighted by molar-refractivity contribution is -0.122. The van der Waals surface area contributed by atoms with Gasteiger partial charge in [-0.2, -0.15) is 10.1 Å². The number of carbonyl (C=O) groups is 1. The van der Waals surface area contributed by atoms with E-state index in [0.717, 1.165) is 48.8 Å². The molecule has 2 aliphatic rings. The highest BCUT2D eigenvalue weighted by molar-refractivity contribution is 5.76. The summed E-state index contributed by atoms with van der Waals surface area (Å²) in [7, 11) is 0. The average Bonchev–Trinajstić information content (AvgIpc) is 3.28. The first kappa shape index (κ1) is 20.5. The van der Waals surface area contributed by atoms with Gasteiger partial charge in [-0.05, 0) is 36.8 Å². The summed E-state index contributed by atoms with van der Waals surface area (Å²) in [5.41, 5.74) is 9.11. The van der Waals surface area contributed by atoms with Crippen molar-refractivity contribution in [3.8, 4) is 22.6 Å². The van der Waals surface area contributed by atoms with E-state index in [1.165, 1.54) is 0 Å². The molecule has 0 unspecified atom stereocenters. The zero-order valence-electron chi connectivity index (χ0n) is 18.5. The maximum absolute atomic E-state index is 12.0. The molecule has 6 rings (SSSR count). The third-order valence-corrected chi connectivity index (χ3v) is 6.63. The highest BCUT2D eigenvalue weighted by Crippen LogP contribution is 2.48. The number of nitrogens with one attached hydrogen (secondary N) is 1. The summed E-state index contributed by atoms with van der Waals surface area (Å²) in [5, 5.41) is 11.6. The molecule has 0 saturated heterocycles. The fourth-order valence-corrected chi connectivity index (χ4v) is 4.38. The fraction of sp³-hybridized carbons (Fsp3) is 0.333. The lowest BCUT2D eigenvalue weighted by atomic mass is 9.64. The quantitative estimate of drug-likeness (QED) is 0.433. The van der Waals surface area contributed by atoms with E-state index in [2.05, 4.69) is 49.8 Å². The summed E-state index contributed by atoms with van der Waals surface area (Å²) >= 11 is 0. The van der Waals surface area contributed by atoms with Crippen molar-refractivity contribution < 1.29 is 9.32 Å². The minimum atomic E-state index is -0.266. The standard InChI is InChI=1S/C24H24N8O2/c25-23-26-10-16(11-27-23)15-2-4-18(5-3-15)24(8-1-9-24)22-30-21(34-31-22)17-12-28-32(13-17)14-20(33)29-19-6-7-19/h2-5,10-13,19H,1,6-9,14H2,(H,29,33)(H2,25,26,27). The molecule has 0 atom stereocenters. The van der Waals surface area contributed by atoms with Crippen LogP contribution in [0.25, 0.3) is 22.6 Å². The number of anilines is 1. The number of rotatable bonds is 7. The number of nitrogens with two attached hydrogens (primary N) is 1. The Morgan fingerprint density at radius 1 is 1.09 bits per heavy atom. The molecule has 2 aliphatic carbocycles. The predicted molar refractivity (Wildman–Crippen MR) is 123 cm³/mol. The van der Waals surface area contributed by atoms with Crippen LogP contribution in [0.1, 0.15) is 43.5 Å². The highest BCUT2D eigenvalue weighted by Gasteiger charge is 2.44. The zero-order chi connectivity index (χ0) is 23.1. The molecule has 2 saturated carbocycles.